The Hall–Kier alpha value is -5.01. The van der Waals surface area contributed by atoms with Crippen molar-refractivity contribution in [3.63, 3.8) is 0 Å². The SMILES string of the molecule is Cc1c(NC(=O)C2CC(F)CN2C(O)Cn2nc(C(N)=O)c3cc(-c4ccnnc4)ccc32)c2ccccc2[nH]c1=O. The van der Waals surface area contributed by atoms with E-state index in [0.29, 0.717) is 33.1 Å². The maximum absolute atomic E-state index is 14.7. The van der Waals surface area contributed by atoms with Gasteiger partial charge in [0.05, 0.1) is 41.7 Å². The number of hydrogen-bond acceptors (Lipinski definition) is 8. The Morgan fingerprint density at radius 1 is 1.17 bits per heavy atom. The number of nitrogens with two attached hydrogens (primary N) is 1. The number of aromatic nitrogens is 5. The number of primary amides is 1. The summed E-state index contributed by atoms with van der Waals surface area (Å²) in [6.07, 6.45) is 0.306. The van der Waals surface area contributed by atoms with Gasteiger partial charge in [-0.3, -0.25) is 24.0 Å². The molecule has 12 nitrogen and oxygen atoms in total. The van der Waals surface area contributed by atoms with E-state index < -0.39 is 30.3 Å². The Kier molecular flexibility index (Phi) is 6.96. The maximum Gasteiger partial charge on any atom is 0.269 e. The van der Waals surface area contributed by atoms with Crippen LogP contribution in [0.25, 0.3) is 32.9 Å². The van der Waals surface area contributed by atoms with Crippen LogP contribution in [-0.2, 0) is 11.3 Å². The summed E-state index contributed by atoms with van der Waals surface area (Å²) in [5.41, 5.74) is 8.53. The summed E-state index contributed by atoms with van der Waals surface area (Å²) in [4.78, 5) is 42.3. The standard InChI is InChI=1S/C29H27FN8O4/c1-15-25(19-4-2-3-5-21(19)34-28(15)41)35-29(42)23-11-18(30)13-37(23)24(39)14-38-22-7-6-16(17-8-9-32-33-12-17)10-20(22)26(36-38)27(31)40/h2-10,12,18,23-24,39H,11,13-14H2,1H3,(H2,31,40)(H2,34,35,41,42). The van der Waals surface area contributed by atoms with E-state index in [9.17, 15) is 23.9 Å². The third-order valence-electron chi connectivity index (χ3n) is 7.62. The molecular formula is C29H27FN8O4. The quantitative estimate of drug-likeness (QED) is 0.230. The van der Waals surface area contributed by atoms with E-state index in [-0.39, 0.29) is 30.8 Å². The van der Waals surface area contributed by atoms with Crippen LogP contribution >= 0.6 is 0 Å². The lowest BCUT2D eigenvalue weighted by Crippen LogP contribution is -2.47. The zero-order valence-electron chi connectivity index (χ0n) is 22.5. The van der Waals surface area contributed by atoms with Gasteiger partial charge in [-0.2, -0.15) is 15.3 Å². The molecule has 214 valence electrons. The lowest BCUT2D eigenvalue weighted by atomic mass is 10.0. The Bertz CT molecular complexity index is 1890. The molecule has 13 heteroatoms. The molecule has 3 atom stereocenters. The third kappa shape index (κ3) is 4.88. The summed E-state index contributed by atoms with van der Waals surface area (Å²) >= 11 is 0. The number of carbonyl (C=O) groups excluding carboxylic acids is 2. The number of rotatable bonds is 7. The van der Waals surface area contributed by atoms with E-state index in [1.165, 1.54) is 9.58 Å². The van der Waals surface area contributed by atoms with Crippen LogP contribution in [0.3, 0.4) is 0 Å². The third-order valence-corrected chi connectivity index (χ3v) is 7.62. The van der Waals surface area contributed by atoms with Crippen molar-refractivity contribution in [3.05, 3.63) is 82.5 Å². The molecule has 42 heavy (non-hydrogen) atoms. The second kappa shape index (κ2) is 10.8. The topological polar surface area (TPSA) is 172 Å². The van der Waals surface area contributed by atoms with Crippen molar-refractivity contribution in [1.82, 2.24) is 29.9 Å². The molecule has 1 fully saturated rings. The molecule has 3 unspecified atom stereocenters. The Balaban J connectivity index is 1.28. The molecule has 1 aliphatic rings. The normalized spacial score (nSPS) is 18.0. The van der Waals surface area contributed by atoms with Crippen molar-refractivity contribution in [3.8, 4) is 11.1 Å². The molecule has 4 heterocycles. The summed E-state index contributed by atoms with van der Waals surface area (Å²) < 4.78 is 16.1. The first kappa shape index (κ1) is 27.2. The Labute approximate surface area is 238 Å². The number of carbonyl (C=O) groups is 2. The predicted octanol–water partition coefficient (Wildman–Crippen LogP) is 2.11. The number of fused-ring (bicyclic) bond motifs is 2. The second-order valence-corrected chi connectivity index (χ2v) is 10.3. The minimum atomic E-state index is -1.36. The smallest absolute Gasteiger partial charge is 0.269 e. The van der Waals surface area contributed by atoms with Crippen LogP contribution in [0.15, 0.2) is 65.7 Å². The lowest BCUT2D eigenvalue weighted by Gasteiger charge is -2.28. The summed E-state index contributed by atoms with van der Waals surface area (Å²) in [7, 11) is 0. The van der Waals surface area contributed by atoms with Crippen LogP contribution in [0.2, 0.25) is 0 Å². The van der Waals surface area contributed by atoms with Gasteiger partial charge in [-0.05, 0) is 36.8 Å². The molecule has 2 amide bonds. The van der Waals surface area contributed by atoms with E-state index in [1.54, 1.807) is 61.8 Å². The predicted molar refractivity (Wildman–Crippen MR) is 153 cm³/mol. The van der Waals surface area contributed by atoms with Gasteiger partial charge in [0.1, 0.15) is 12.4 Å². The Morgan fingerprint density at radius 2 is 1.98 bits per heavy atom. The number of nitrogens with one attached hydrogen (secondary N) is 2. The highest BCUT2D eigenvalue weighted by Crippen LogP contribution is 2.29. The molecule has 1 saturated heterocycles. The van der Waals surface area contributed by atoms with Gasteiger partial charge < -0.3 is 21.1 Å². The monoisotopic (exact) mass is 570 g/mol. The molecule has 0 aliphatic carbocycles. The van der Waals surface area contributed by atoms with Gasteiger partial charge in [-0.1, -0.05) is 24.3 Å². The molecule has 0 saturated carbocycles. The average molecular weight is 571 g/mol. The van der Waals surface area contributed by atoms with E-state index in [1.807, 2.05) is 6.07 Å². The summed E-state index contributed by atoms with van der Waals surface area (Å²) in [5.74, 6) is -1.30. The van der Waals surface area contributed by atoms with Gasteiger partial charge >= 0.3 is 0 Å². The fourth-order valence-electron chi connectivity index (χ4n) is 5.51. The zero-order valence-corrected chi connectivity index (χ0v) is 22.5. The summed E-state index contributed by atoms with van der Waals surface area (Å²) in [6.45, 7) is 1.24. The van der Waals surface area contributed by atoms with Gasteiger partial charge in [0.15, 0.2) is 5.69 Å². The number of aliphatic hydroxyl groups is 1. The van der Waals surface area contributed by atoms with E-state index in [2.05, 4.69) is 25.6 Å². The summed E-state index contributed by atoms with van der Waals surface area (Å²) in [5, 5.41) is 27.2. The highest BCUT2D eigenvalue weighted by atomic mass is 19.1. The molecule has 0 bridgehead atoms. The van der Waals surface area contributed by atoms with Gasteiger partial charge in [0.2, 0.25) is 5.91 Å². The van der Waals surface area contributed by atoms with Crippen LogP contribution in [0.5, 0.6) is 0 Å². The number of aliphatic hydroxyl groups excluding tert-OH is 1. The van der Waals surface area contributed by atoms with Crippen molar-refractivity contribution >= 4 is 39.3 Å². The number of benzene rings is 2. The fraction of sp³-hybridized carbons (Fsp3) is 0.241. The first-order chi connectivity index (χ1) is 20.2. The van der Waals surface area contributed by atoms with Crippen LogP contribution in [-0.4, -0.2) is 71.8 Å². The number of para-hydroxylation sites is 1. The molecule has 0 spiro atoms. The number of aromatic amines is 1. The highest BCUT2D eigenvalue weighted by Gasteiger charge is 2.41. The van der Waals surface area contributed by atoms with Crippen LogP contribution in [0, 0.1) is 6.92 Å². The number of hydrogen-bond donors (Lipinski definition) is 4. The first-order valence-corrected chi connectivity index (χ1v) is 13.3. The first-order valence-electron chi connectivity index (χ1n) is 13.3. The number of amides is 2. The molecule has 1 aliphatic heterocycles. The van der Waals surface area contributed by atoms with Crippen molar-refractivity contribution < 1.29 is 19.1 Å². The number of anilines is 1. The number of halogens is 1. The second-order valence-electron chi connectivity index (χ2n) is 10.3. The van der Waals surface area contributed by atoms with Crippen molar-refractivity contribution in [1.29, 1.82) is 0 Å². The number of pyridine rings is 1. The lowest BCUT2D eigenvalue weighted by molar-refractivity contribution is -0.124. The minimum Gasteiger partial charge on any atom is -0.376 e. The largest absolute Gasteiger partial charge is 0.376 e. The molecule has 2 aromatic carbocycles. The number of likely N-dealkylation sites (tertiary alicyclic amines) is 1. The van der Waals surface area contributed by atoms with Gasteiger partial charge in [0.25, 0.3) is 11.5 Å². The van der Waals surface area contributed by atoms with Crippen molar-refractivity contribution in [2.45, 2.75) is 38.3 Å². The molecule has 5 N–H and O–H groups in total. The van der Waals surface area contributed by atoms with Gasteiger partial charge in [-0.25, -0.2) is 4.39 Å². The zero-order chi connectivity index (χ0) is 29.5. The van der Waals surface area contributed by atoms with Crippen molar-refractivity contribution in [2.24, 2.45) is 5.73 Å². The fourth-order valence-corrected chi connectivity index (χ4v) is 5.51. The van der Waals surface area contributed by atoms with E-state index in [4.69, 9.17) is 5.73 Å². The molecular weight excluding hydrogens is 543 g/mol. The van der Waals surface area contributed by atoms with Gasteiger partial charge in [0, 0.05) is 34.9 Å². The van der Waals surface area contributed by atoms with Crippen LogP contribution in [0.1, 0.15) is 22.5 Å². The maximum atomic E-state index is 14.7. The minimum absolute atomic E-state index is 0.0109. The molecule has 5 aromatic rings. The number of nitrogens with zero attached hydrogens (tertiary/aromatic N) is 5. The van der Waals surface area contributed by atoms with Crippen LogP contribution < -0.4 is 16.6 Å². The Morgan fingerprint density at radius 3 is 2.74 bits per heavy atom. The molecule has 6 rings (SSSR count). The highest BCUT2D eigenvalue weighted by molar-refractivity contribution is 6.05. The molecule has 0 radical (unpaired) electrons. The number of H-pyrrole nitrogens is 1. The van der Waals surface area contributed by atoms with Crippen LogP contribution in [0.4, 0.5) is 10.1 Å². The van der Waals surface area contributed by atoms with Crippen molar-refractivity contribution in [2.75, 3.05) is 11.9 Å². The molecule has 3 aromatic heterocycles. The average Bonchev–Trinajstić information content (AvgIpc) is 3.56. The summed E-state index contributed by atoms with van der Waals surface area (Å²) in [6, 6.07) is 13.1. The number of alkyl halides is 1. The van der Waals surface area contributed by atoms with E-state index in [0.717, 1.165) is 11.1 Å². The van der Waals surface area contributed by atoms with E-state index >= 15 is 0 Å². The van der Waals surface area contributed by atoms with Gasteiger partial charge in [-0.15, -0.1) is 0 Å².